The van der Waals surface area contributed by atoms with E-state index >= 15 is 0 Å². The number of nitrogens with zero attached hydrogens (tertiary/aromatic N) is 1. The van der Waals surface area contributed by atoms with Crippen LogP contribution in [0, 0.1) is 0 Å². The quantitative estimate of drug-likeness (QED) is 0.365. The normalized spacial score (nSPS) is 18.2. The van der Waals surface area contributed by atoms with E-state index in [-0.39, 0.29) is 24.7 Å². The van der Waals surface area contributed by atoms with Crippen LogP contribution in [0.25, 0.3) is 0 Å². The summed E-state index contributed by atoms with van der Waals surface area (Å²) in [6.07, 6.45) is 3.32. The van der Waals surface area contributed by atoms with Gasteiger partial charge in [-0.15, -0.1) is 0 Å². The summed E-state index contributed by atoms with van der Waals surface area (Å²) in [4.78, 5) is 40.1. The van der Waals surface area contributed by atoms with E-state index < -0.39 is 11.9 Å². The maximum absolute atomic E-state index is 13.3. The van der Waals surface area contributed by atoms with E-state index in [1.165, 1.54) is 0 Å². The Bertz CT molecular complexity index is 1320. The number of aliphatic carboxylic acids is 1. The molecule has 37 heavy (non-hydrogen) atoms. The van der Waals surface area contributed by atoms with Crippen molar-refractivity contribution in [3.63, 3.8) is 0 Å². The molecule has 5 rings (SSSR count). The van der Waals surface area contributed by atoms with Gasteiger partial charge in [-0.2, -0.15) is 0 Å². The van der Waals surface area contributed by atoms with Crippen LogP contribution >= 0.6 is 43.5 Å². The maximum atomic E-state index is 13.3. The molecule has 0 fully saturated rings. The average molecular weight is 650 g/mol. The minimum atomic E-state index is -0.987. The lowest BCUT2D eigenvalue weighted by Gasteiger charge is -2.43. The molecule has 0 amide bonds. The number of carboxylic acids is 1. The lowest BCUT2D eigenvalue weighted by Crippen LogP contribution is -2.41. The van der Waals surface area contributed by atoms with E-state index in [4.69, 9.17) is 16.3 Å². The molecule has 0 aromatic heterocycles. The first-order valence-corrected chi connectivity index (χ1v) is 14.1. The first-order chi connectivity index (χ1) is 17.8. The highest BCUT2D eigenvalue weighted by Crippen LogP contribution is 2.50. The van der Waals surface area contributed by atoms with Gasteiger partial charge in [0, 0.05) is 51.9 Å². The summed E-state index contributed by atoms with van der Waals surface area (Å²) in [7, 11) is 0. The molecule has 2 aliphatic carbocycles. The SMILES string of the molecule is O=C(O)CN1C2=C(C(=O)CCC2)C(c2cc(Br)c(OCc3ccccc3Cl)c(Br)c2)C2=C1CCCC2=O. The van der Waals surface area contributed by atoms with E-state index in [9.17, 15) is 19.5 Å². The van der Waals surface area contributed by atoms with Crippen molar-refractivity contribution in [2.75, 3.05) is 6.54 Å². The number of benzene rings is 2. The number of carbonyl (C=O) groups excluding carboxylic acids is 2. The van der Waals surface area contributed by atoms with Gasteiger partial charge in [0.25, 0.3) is 0 Å². The Kier molecular flexibility index (Phi) is 7.61. The van der Waals surface area contributed by atoms with Crippen molar-refractivity contribution in [3.05, 3.63) is 84.0 Å². The van der Waals surface area contributed by atoms with E-state index in [2.05, 4.69) is 31.9 Å². The van der Waals surface area contributed by atoms with E-state index in [1.807, 2.05) is 36.4 Å². The fourth-order valence-corrected chi connectivity index (χ4v) is 7.17. The Morgan fingerprint density at radius 1 is 0.973 bits per heavy atom. The van der Waals surface area contributed by atoms with Gasteiger partial charge in [-0.05, 0) is 81.3 Å². The number of rotatable bonds is 6. The van der Waals surface area contributed by atoms with Crippen LogP contribution < -0.4 is 4.74 Å². The summed E-state index contributed by atoms with van der Waals surface area (Å²) in [5, 5.41) is 10.2. The molecule has 2 aromatic rings. The van der Waals surface area contributed by atoms with Gasteiger partial charge in [0.15, 0.2) is 11.6 Å². The molecule has 0 saturated carbocycles. The van der Waals surface area contributed by atoms with Gasteiger partial charge in [0.2, 0.25) is 0 Å². The highest BCUT2D eigenvalue weighted by molar-refractivity contribution is 9.11. The Balaban J connectivity index is 1.59. The van der Waals surface area contributed by atoms with Crippen LogP contribution in [-0.4, -0.2) is 34.1 Å². The van der Waals surface area contributed by atoms with Gasteiger partial charge in [-0.25, -0.2) is 0 Å². The molecule has 6 nitrogen and oxygen atoms in total. The van der Waals surface area contributed by atoms with E-state index in [0.29, 0.717) is 69.4 Å². The molecular formula is C28H24Br2ClNO5. The van der Waals surface area contributed by atoms with E-state index in [1.54, 1.807) is 4.90 Å². The number of hydrogen-bond donors (Lipinski definition) is 1. The number of carbonyl (C=O) groups is 3. The Morgan fingerprint density at radius 2 is 1.54 bits per heavy atom. The van der Waals surface area contributed by atoms with Crippen molar-refractivity contribution in [1.29, 1.82) is 0 Å². The summed E-state index contributed by atoms with van der Waals surface area (Å²) < 4.78 is 7.43. The highest BCUT2D eigenvalue weighted by Gasteiger charge is 2.44. The molecule has 3 aliphatic rings. The standard InChI is InChI=1S/C28H24Br2ClNO5/c29-17-11-16(12-18(30)28(17)37-14-15-5-1-2-6-19(15)31)25-26-20(7-3-9-22(26)33)32(13-24(35)36)21-8-4-10-23(34)27(21)25/h1-2,5-6,11-12,25H,3-4,7-10,13-14H2,(H,35,36). The second-order valence-corrected chi connectivity index (χ2v) is 11.5. The molecule has 1 N–H and O–H groups in total. The molecule has 0 spiro atoms. The van der Waals surface area contributed by atoms with Gasteiger partial charge in [0.1, 0.15) is 18.9 Å². The van der Waals surface area contributed by atoms with Crippen LogP contribution in [0.15, 0.2) is 67.9 Å². The second kappa shape index (κ2) is 10.8. The predicted octanol–water partition coefficient (Wildman–Crippen LogP) is 6.94. The van der Waals surface area contributed by atoms with Crippen LogP contribution in [0.1, 0.15) is 55.6 Å². The fourth-order valence-electron chi connectivity index (χ4n) is 5.53. The van der Waals surface area contributed by atoms with Crippen LogP contribution in [0.4, 0.5) is 0 Å². The molecule has 192 valence electrons. The molecule has 2 aromatic carbocycles. The lowest BCUT2D eigenvalue weighted by molar-refractivity contribution is -0.138. The number of ether oxygens (including phenoxy) is 1. The first kappa shape index (κ1) is 26.2. The zero-order valence-corrected chi connectivity index (χ0v) is 23.8. The zero-order chi connectivity index (χ0) is 26.3. The van der Waals surface area contributed by atoms with Gasteiger partial charge in [-0.1, -0.05) is 29.8 Å². The summed E-state index contributed by atoms with van der Waals surface area (Å²) in [6, 6.07) is 11.2. The van der Waals surface area contributed by atoms with Crippen LogP contribution in [0.2, 0.25) is 5.02 Å². The van der Waals surface area contributed by atoms with Crippen LogP contribution in [0.5, 0.6) is 5.75 Å². The minimum absolute atomic E-state index is 0.0298. The summed E-state index contributed by atoms with van der Waals surface area (Å²) in [6.45, 7) is 0.0124. The van der Waals surface area contributed by atoms with Gasteiger partial charge >= 0.3 is 5.97 Å². The van der Waals surface area contributed by atoms with Crippen LogP contribution in [-0.2, 0) is 21.0 Å². The average Bonchev–Trinajstić information content (AvgIpc) is 2.85. The third-order valence-corrected chi connectivity index (χ3v) is 8.61. The lowest BCUT2D eigenvalue weighted by atomic mass is 9.71. The minimum Gasteiger partial charge on any atom is -0.486 e. The zero-order valence-electron chi connectivity index (χ0n) is 19.9. The molecule has 0 radical (unpaired) electrons. The number of ketones is 2. The monoisotopic (exact) mass is 647 g/mol. The number of allylic oxidation sites excluding steroid dienone is 4. The Labute approximate surface area is 236 Å². The topological polar surface area (TPSA) is 83.9 Å². The molecule has 0 saturated heterocycles. The fraction of sp³-hybridized carbons (Fsp3) is 0.321. The third-order valence-electron chi connectivity index (χ3n) is 7.06. The number of hydrogen-bond acceptors (Lipinski definition) is 5. The molecule has 0 unspecified atom stereocenters. The van der Waals surface area contributed by atoms with E-state index in [0.717, 1.165) is 22.5 Å². The Morgan fingerprint density at radius 3 is 2.08 bits per heavy atom. The van der Waals surface area contributed by atoms with Crippen molar-refractivity contribution >= 4 is 61.0 Å². The smallest absolute Gasteiger partial charge is 0.323 e. The third kappa shape index (κ3) is 5.03. The molecule has 0 bridgehead atoms. The Hall–Kier alpha value is -2.42. The van der Waals surface area contributed by atoms with Gasteiger partial charge in [-0.3, -0.25) is 14.4 Å². The van der Waals surface area contributed by atoms with Crippen molar-refractivity contribution < 1.29 is 24.2 Å². The maximum Gasteiger partial charge on any atom is 0.323 e. The molecule has 0 atom stereocenters. The van der Waals surface area contributed by atoms with Crippen molar-refractivity contribution in [2.24, 2.45) is 0 Å². The second-order valence-electron chi connectivity index (χ2n) is 9.38. The van der Waals surface area contributed by atoms with Gasteiger partial charge < -0.3 is 14.7 Å². The molecule has 1 aliphatic heterocycles. The highest BCUT2D eigenvalue weighted by atomic mass is 79.9. The largest absolute Gasteiger partial charge is 0.486 e. The number of halogens is 3. The first-order valence-electron chi connectivity index (χ1n) is 12.1. The summed E-state index contributed by atoms with van der Waals surface area (Å²) in [5.41, 5.74) is 4.20. The van der Waals surface area contributed by atoms with Crippen LogP contribution in [0.3, 0.4) is 0 Å². The molecular weight excluding hydrogens is 626 g/mol. The van der Waals surface area contributed by atoms with Crippen molar-refractivity contribution in [2.45, 2.75) is 51.0 Å². The number of Topliss-reactive ketones (excluding diaryl/α,β-unsaturated/α-hetero) is 2. The number of carboxylic acid groups (broad SMARTS) is 1. The van der Waals surface area contributed by atoms with Crippen molar-refractivity contribution in [1.82, 2.24) is 4.90 Å². The molecule has 1 heterocycles. The summed E-state index contributed by atoms with van der Waals surface area (Å²) in [5.74, 6) is -1.00. The molecule has 9 heteroatoms. The predicted molar refractivity (Wildman–Crippen MR) is 146 cm³/mol. The van der Waals surface area contributed by atoms with Crippen molar-refractivity contribution in [3.8, 4) is 5.75 Å². The van der Waals surface area contributed by atoms with Gasteiger partial charge in [0.05, 0.1) is 8.95 Å². The summed E-state index contributed by atoms with van der Waals surface area (Å²) >= 11 is 13.5.